The van der Waals surface area contributed by atoms with E-state index in [9.17, 15) is 10.2 Å². The molecule has 2 nitrogen and oxygen atoms in total. The molecule has 8 atom stereocenters. The monoisotopic (exact) mass is 390 g/mol. The first-order valence-corrected chi connectivity index (χ1v) is 12.6. The second-order valence-electron chi connectivity index (χ2n) is 12.3. The summed E-state index contributed by atoms with van der Waals surface area (Å²) in [5.74, 6) is 5.46. The van der Waals surface area contributed by atoms with E-state index in [4.69, 9.17) is 0 Å². The zero-order chi connectivity index (χ0) is 20.2. The van der Waals surface area contributed by atoms with E-state index in [-0.39, 0.29) is 5.60 Å². The fourth-order valence-electron chi connectivity index (χ4n) is 8.65. The standard InChI is InChI=1S/C26H46O2/c1-5-26(28)16-13-20-18(17-26)8-10-22-21(20)12-15-25(4)19(9-11-23(22)25)7-6-14-24(2,3)27/h18-23,27-28H,5-17H2,1-4H3/t18-,19-,20-,21+,22+,23-,25+,26-/m0/s1. The van der Waals surface area contributed by atoms with Crippen molar-refractivity contribution in [2.24, 2.45) is 40.9 Å². The van der Waals surface area contributed by atoms with E-state index < -0.39 is 5.60 Å². The summed E-state index contributed by atoms with van der Waals surface area (Å²) < 4.78 is 0. The molecule has 162 valence electrons. The molecule has 0 unspecified atom stereocenters. The Morgan fingerprint density at radius 3 is 2.39 bits per heavy atom. The van der Waals surface area contributed by atoms with Crippen LogP contribution in [0.3, 0.4) is 0 Å². The second-order valence-corrected chi connectivity index (χ2v) is 12.3. The zero-order valence-electron chi connectivity index (χ0n) is 19.1. The number of hydrogen-bond acceptors (Lipinski definition) is 2. The molecule has 0 radical (unpaired) electrons. The lowest BCUT2D eigenvalue weighted by atomic mass is 9.48. The van der Waals surface area contributed by atoms with Gasteiger partial charge in [0.05, 0.1) is 11.2 Å². The molecule has 0 heterocycles. The molecule has 0 saturated heterocycles. The van der Waals surface area contributed by atoms with Gasteiger partial charge < -0.3 is 10.2 Å². The van der Waals surface area contributed by atoms with Crippen molar-refractivity contribution in [1.82, 2.24) is 0 Å². The molecule has 4 rings (SSSR count). The Labute approximate surface area is 173 Å². The number of fused-ring (bicyclic) bond motifs is 5. The number of aliphatic hydroxyl groups is 2. The highest BCUT2D eigenvalue weighted by molar-refractivity contribution is 5.06. The molecule has 4 fully saturated rings. The van der Waals surface area contributed by atoms with E-state index in [0.29, 0.717) is 5.41 Å². The summed E-state index contributed by atoms with van der Waals surface area (Å²) in [5, 5.41) is 21.0. The summed E-state index contributed by atoms with van der Waals surface area (Å²) in [7, 11) is 0. The molecule has 0 aromatic carbocycles. The predicted octanol–water partition coefficient (Wildman–Crippen LogP) is 6.34. The SMILES string of the molecule is CC[C@]1(O)CC[C@H]2[C@@H](CC[C@@H]3[C@@H]2CC[C@]2(C)[C@@H](CCCC(C)(C)O)CC[C@@H]32)C1. The van der Waals surface area contributed by atoms with Crippen molar-refractivity contribution in [1.29, 1.82) is 0 Å². The molecule has 2 N–H and O–H groups in total. The average molecular weight is 391 g/mol. The fraction of sp³-hybridized carbons (Fsp3) is 1.00. The van der Waals surface area contributed by atoms with Crippen LogP contribution in [-0.4, -0.2) is 21.4 Å². The maximum atomic E-state index is 10.9. The summed E-state index contributed by atoms with van der Waals surface area (Å²) in [4.78, 5) is 0. The van der Waals surface area contributed by atoms with Crippen LogP contribution in [0.4, 0.5) is 0 Å². The first-order valence-electron chi connectivity index (χ1n) is 12.6. The van der Waals surface area contributed by atoms with E-state index in [1.54, 1.807) is 0 Å². The van der Waals surface area contributed by atoms with Crippen LogP contribution in [0.1, 0.15) is 111 Å². The van der Waals surface area contributed by atoms with Gasteiger partial charge in [-0.25, -0.2) is 0 Å². The normalized spacial score (nSPS) is 48.6. The van der Waals surface area contributed by atoms with Gasteiger partial charge in [-0.05, 0) is 132 Å². The topological polar surface area (TPSA) is 40.5 Å². The van der Waals surface area contributed by atoms with E-state index in [1.165, 1.54) is 57.8 Å². The van der Waals surface area contributed by atoms with Crippen LogP contribution in [0.2, 0.25) is 0 Å². The molecule has 0 aliphatic heterocycles. The largest absolute Gasteiger partial charge is 0.390 e. The smallest absolute Gasteiger partial charge is 0.0648 e. The third-order valence-corrected chi connectivity index (χ3v) is 10.3. The maximum absolute atomic E-state index is 10.9. The highest BCUT2D eigenvalue weighted by Gasteiger charge is 2.57. The van der Waals surface area contributed by atoms with Gasteiger partial charge in [0.1, 0.15) is 0 Å². The maximum Gasteiger partial charge on any atom is 0.0648 e. The lowest BCUT2D eigenvalue weighted by molar-refractivity contribution is -0.107. The highest BCUT2D eigenvalue weighted by Crippen LogP contribution is 2.65. The van der Waals surface area contributed by atoms with Crippen molar-refractivity contribution in [3.05, 3.63) is 0 Å². The van der Waals surface area contributed by atoms with Crippen molar-refractivity contribution in [2.75, 3.05) is 0 Å². The van der Waals surface area contributed by atoms with Crippen LogP contribution < -0.4 is 0 Å². The molecule has 28 heavy (non-hydrogen) atoms. The predicted molar refractivity (Wildman–Crippen MR) is 116 cm³/mol. The van der Waals surface area contributed by atoms with Gasteiger partial charge in [0.2, 0.25) is 0 Å². The summed E-state index contributed by atoms with van der Waals surface area (Å²) in [6, 6.07) is 0. The first-order chi connectivity index (χ1) is 13.2. The minimum Gasteiger partial charge on any atom is -0.390 e. The molecule has 4 saturated carbocycles. The zero-order valence-corrected chi connectivity index (χ0v) is 19.1. The summed E-state index contributed by atoms with van der Waals surface area (Å²) in [5.41, 5.74) is -0.293. The van der Waals surface area contributed by atoms with Crippen molar-refractivity contribution < 1.29 is 10.2 Å². The summed E-state index contributed by atoms with van der Waals surface area (Å²) >= 11 is 0. The molecular formula is C26H46O2. The molecule has 4 aliphatic rings. The van der Waals surface area contributed by atoms with Crippen molar-refractivity contribution in [3.8, 4) is 0 Å². The van der Waals surface area contributed by atoms with Gasteiger partial charge in [0, 0.05) is 0 Å². The lowest BCUT2D eigenvalue weighted by Crippen LogP contribution is -2.50. The van der Waals surface area contributed by atoms with Gasteiger partial charge in [-0.2, -0.15) is 0 Å². The lowest BCUT2D eigenvalue weighted by Gasteiger charge is -2.57. The third kappa shape index (κ3) is 3.82. The molecule has 2 heteroatoms. The molecule has 0 amide bonds. The van der Waals surface area contributed by atoms with Crippen LogP contribution in [-0.2, 0) is 0 Å². The minimum atomic E-state index is -0.504. The molecule has 0 spiro atoms. The number of rotatable bonds is 5. The van der Waals surface area contributed by atoms with Gasteiger partial charge in [-0.3, -0.25) is 0 Å². The van der Waals surface area contributed by atoms with Crippen molar-refractivity contribution in [3.63, 3.8) is 0 Å². The molecule has 0 aromatic rings. The van der Waals surface area contributed by atoms with Gasteiger partial charge in [-0.1, -0.05) is 20.3 Å². The van der Waals surface area contributed by atoms with E-state index in [0.717, 1.165) is 61.2 Å². The summed E-state index contributed by atoms with van der Waals surface area (Å²) in [6.07, 6.45) is 16.4. The number of hydrogen-bond donors (Lipinski definition) is 2. The minimum absolute atomic E-state index is 0.351. The van der Waals surface area contributed by atoms with Crippen LogP contribution in [0.25, 0.3) is 0 Å². The second kappa shape index (κ2) is 7.56. The van der Waals surface area contributed by atoms with Crippen molar-refractivity contribution in [2.45, 2.75) is 122 Å². The van der Waals surface area contributed by atoms with Crippen LogP contribution in [0.5, 0.6) is 0 Å². The van der Waals surface area contributed by atoms with Crippen LogP contribution >= 0.6 is 0 Å². The Balaban J connectivity index is 1.41. The van der Waals surface area contributed by atoms with Gasteiger partial charge in [0.15, 0.2) is 0 Å². The van der Waals surface area contributed by atoms with Crippen molar-refractivity contribution >= 4 is 0 Å². The van der Waals surface area contributed by atoms with Gasteiger partial charge in [0.25, 0.3) is 0 Å². The van der Waals surface area contributed by atoms with Gasteiger partial charge in [-0.15, -0.1) is 0 Å². The fourth-order valence-corrected chi connectivity index (χ4v) is 8.65. The van der Waals surface area contributed by atoms with Gasteiger partial charge >= 0.3 is 0 Å². The Morgan fingerprint density at radius 2 is 1.68 bits per heavy atom. The Hall–Kier alpha value is -0.0800. The molecule has 0 bridgehead atoms. The third-order valence-electron chi connectivity index (χ3n) is 10.3. The van der Waals surface area contributed by atoms with Crippen LogP contribution in [0.15, 0.2) is 0 Å². The molecule has 0 aromatic heterocycles. The first kappa shape index (κ1) is 21.2. The molecule has 4 aliphatic carbocycles. The molecular weight excluding hydrogens is 344 g/mol. The Kier molecular flexibility index (Phi) is 5.71. The quantitative estimate of drug-likeness (QED) is 0.575. The summed E-state index contributed by atoms with van der Waals surface area (Å²) in [6.45, 7) is 8.73. The van der Waals surface area contributed by atoms with E-state index in [1.807, 2.05) is 13.8 Å². The van der Waals surface area contributed by atoms with Crippen LogP contribution in [0, 0.1) is 40.9 Å². The highest BCUT2D eigenvalue weighted by atomic mass is 16.3. The Morgan fingerprint density at radius 1 is 0.929 bits per heavy atom. The Bertz CT molecular complexity index is 551. The van der Waals surface area contributed by atoms with E-state index >= 15 is 0 Å². The van der Waals surface area contributed by atoms with E-state index in [2.05, 4.69) is 13.8 Å². The average Bonchev–Trinajstić information content (AvgIpc) is 2.97.